The van der Waals surface area contributed by atoms with E-state index < -0.39 is 0 Å². The zero-order valence-electron chi connectivity index (χ0n) is 24.5. The van der Waals surface area contributed by atoms with Crippen LogP contribution in [0.2, 0.25) is 0 Å². The molecule has 0 spiro atoms. The first-order chi connectivity index (χ1) is 16.9. The van der Waals surface area contributed by atoms with Crippen molar-refractivity contribution in [3.8, 4) is 0 Å². The highest BCUT2D eigenvalue weighted by atomic mass is 32.2. The van der Waals surface area contributed by atoms with Crippen molar-refractivity contribution in [2.45, 2.75) is 127 Å². The van der Waals surface area contributed by atoms with E-state index in [0.717, 1.165) is 26.1 Å². The third-order valence-corrected chi connectivity index (χ3v) is 10.3. The van der Waals surface area contributed by atoms with Gasteiger partial charge < -0.3 is 10.2 Å². The normalized spacial score (nSPS) is 19.0. The van der Waals surface area contributed by atoms with E-state index in [1.807, 2.05) is 11.8 Å². The van der Waals surface area contributed by atoms with E-state index in [0.29, 0.717) is 16.3 Å². The topological polar surface area (TPSA) is 32.3 Å². The van der Waals surface area contributed by atoms with Crippen molar-refractivity contribution in [3.05, 3.63) is 29.3 Å². The second-order valence-electron chi connectivity index (χ2n) is 12.5. The molecule has 1 aromatic rings. The molecular formula is C31H54N2OS2. The standard InChI is InChI=1S/C31H54N2OS2/c1-9-33(10-2)19-15-11-14-18-32-29(34)23-35-27-16-12-13-17-28(27)36-26-21-24(30(3,4)5)20-25(22-26)31(6,7)8/h20-22,27-28H,9-19,23H2,1-8H3,(H,32,34)/t27-,28-/m1/s1. The van der Waals surface area contributed by atoms with E-state index in [1.54, 1.807) is 0 Å². The molecule has 1 fully saturated rings. The Morgan fingerprint density at radius 2 is 1.47 bits per heavy atom. The lowest BCUT2D eigenvalue weighted by molar-refractivity contribution is -0.118. The fourth-order valence-electron chi connectivity index (χ4n) is 4.73. The van der Waals surface area contributed by atoms with Gasteiger partial charge in [0, 0.05) is 21.9 Å². The molecule has 1 aromatic carbocycles. The Hall–Kier alpha value is -0.650. The summed E-state index contributed by atoms with van der Waals surface area (Å²) in [5.41, 5.74) is 3.13. The van der Waals surface area contributed by atoms with Crippen LogP contribution in [0.5, 0.6) is 0 Å². The molecule has 0 radical (unpaired) electrons. The van der Waals surface area contributed by atoms with E-state index in [1.165, 1.54) is 61.1 Å². The maximum absolute atomic E-state index is 12.5. The highest BCUT2D eigenvalue weighted by molar-refractivity contribution is 8.04. The molecule has 0 saturated heterocycles. The number of rotatable bonds is 13. The van der Waals surface area contributed by atoms with Crippen LogP contribution in [0, 0.1) is 0 Å². The van der Waals surface area contributed by atoms with Crippen molar-refractivity contribution in [1.29, 1.82) is 0 Å². The highest BCUT2D eigenvalue weighted by Gasteiger charge is 2.28. The van der Waals surface area contributed by atoms with Crippen molar-refractivity contribution in [2.75, 3.05) is 31.9 Å². The Bertz CT molecular complexity index is 760. The molecule has 1 saturated carbocycles. The molecule has 0 aromatic heterocycles. The molecule has 206 valence electrons. The van der Waals surface area contributed by atoms with Crippen LogP contribution in [0.25, 0.3) is 0 Å². The predicted molar refractivity (Wildman–Crippen MR) is 163 cm³/mol. The van der Waals surface area contributed by atoms with Crippen LogP contribution in [0.15, 0.2) is 23.1 Å². The summed E-state index contributed by atoms with van der Waals surface area (Å²) in [6.45, 7) is 22.6. The molecule has 1 amide bonds. The average Bonchev–Trinajstić information content (AvgIpc) is 2.82. The van der Waals surface area contributed by atoms with Gasteiger partial charge in [0.1, 0.15) is 0 Å². The Kier molecular flexibility index (Phi) is 13.2. The number of unbranched alkanes of at least 4 members (excludes halogenated alkanes) is 2. The van der Waals surface area contributed by atoms with Gasteiger partial charge in [-0.1, -0.05) is 80.7 Å². The van der Waals surface area contributed by atoms with Crippen LogP contribution in [0.3, 0.4) is 0 Å². The van der Waals surface area contributed by atoms with Crippen LogP contribution in [-0.4, -0.2) is 53.2 Å². The Morgan fingerprint density at radius 3 is 2.03 bits per heavy atom. The van der Waals surface area contributed by atoms with Crippen molar-refractivity contribution in [3.63, 3.8) is 0 Å². The molecule has 36 heavy (non-hydrogen) atoms. The van der Waals surface area contributed by atoms with Gasteiger partial charge in [-0.25, -0.2) is 0 Å². The number of carbonyl (C=O) groups is 1. The van der Waals surface area contributed by atoms with E-state index >= 15 is 0 Å². The monoisotopic (exact) mass is 534 g/mol. The molecule has 5 heteroatoms. The highest BCUT2D eigenvalue weighted by Crippen LogP contribution is 2.42. The van der Waals surface area contributed by atoms with Crippen LogP contribution in [-0.2, 0) is 15.6 Å². The smallest absolute Gasteiger partial charge is 0.230 e. The van der Waals surface area contributed by atoms with Gasteiger partial charge >= 0.3 is 0 Å². The number of hydrogen-bond acceptors (Lipinski definition) is 4. The number of benzene rings is 1. The third-order valence-electron chi connectivity index (χ3n) is 7.36. The number of nitrogens with zero attached hydrogens (tertiary/aromatic N) is 1. The predicted octanol–water partition coefficient (Wildman–Crippen LogP) is 8.05. The van der Waals surface area contributed by atoms with Gasteiger partial charge in [-0.15, -0.1) is 23.5 Å². The molecule has 0 heterocycles. The number of hydrogen-bond donors (Lipinski definition) is 1. The Labute approximate surface area is 231 Å². The number of carbonyl (C=O) groups excluding carboxylic acids is 1. The molecular weight excluding hydrogens is 480 g/mol. The minimum absolute atomic E-state index is 0.140. The van der Waals surface area contributed by atoms with Crippen LogP contribution in [0.1, 0.15) is 111 Å². The van der Waals surface area contributed by atoms with Gasteiger partial charge in [0.2, 0.25) is 5.91 Å². The first-order valence-electron chi connectivity index (χ1n) is 14.4. The summed E-state index contributed by atoms with van der Waals surface area (Å²) < 4.78 is 0. The summed E-state index contributed by atoms with van der Waals surface area (Å²) in [7, 11) is 0. The molecule has 3 nitrogen and oxygen atoms in total. The lowest BCUT2D eigenvalue weighted by Gasteiger charge is -2.32. The molecule has 2 atom stereocenters. The quantitative estimate of drug-likeness (QED) is 0.260. The maximum Gasteiger partial charge on any atom is 0.230 e. The average molecular weight is 535 g/mol. The number of nitrogens with one attached hydrogen (secondary N) is 1. The van der Waals surface area contributed by atoms with Crippen molar-refractivity contribution in [1.82, 2.24) is 10.2 Å². The molecule has 1 N–H and O–H groups in total. The lowest BCUT2D eigenvalue weighted by Crippen LogP contribution is -2.30. The van der Waals surface area contributed by atoms with Crippen LogP contribution in [0.4, 0.5) is 0 Å². The molecule has 1 aliphatic rings. The van der Waals surface area contributed by atoms with E-state index in [2.05, 4.69) is 95.6 Å². The molecule has 1 aliphatic carbocycles. The maximum atomic E-state index is 12.5. The Balaban J connectivity index is 1.87. The fraction of sp³-hybridized carbons (Fsp3) is 0.774. The summed E-state index contributed by atoms with van der Waals surface area (Å²) in [5.74, 6) is 0.805. The van der Waals surface area contributed by atoms with Gasteiger partial charge in [0.15, 0.2) is 0 Å². The van der Waals surface area contributed by atoms with Crippen molar-refractivity contribution >= 4 is 29.4 Å². The molecule has 2 rings (SSSR count). The van der Waals surface area contributed by atoms with E-state index in [9.17, 15) is 4.79 Å². The second-order valence-corrected chi connectivity index (χ2v) is 15.0. The largest absolute Gasteiger partial charge is 0.355 e. The lowest BCUT2D eigenvalue weighted by atomic mass is 9.81. The SMILES string of the molecule is CCN(CC)CCCCCNC(=O)CS[C@@H]1CCCC[C@H]1Sc1cc(C(C)(C)C)cc(C(C)(C)C)c1. The first-order valence-corrected chi connectivity index (χ1v) is 16.3. The Morgan fingerprint density at radius 1 is 0.889 bits per heavy atom. The number of thioether (sulfide) groups is 2. The summed E-state index contributed by atoms with van der Waals surface area (Å²) in [6, 6.07) is 7.25. The molecule has 0 aliphatic heterocycles. The molecule has 0 unspecified atom stereocenters. The van der Waals surface area contributed by atoms with E-state index in [4.69, 9.17) is 0 Å². The minimum atomic E-state index is 0.140. The van der Waals surface area contributed by atoms with Gasteiger partial charge in [-0.2, -0.15) is 0 Å². The third kappa shape index (κ3) is 11.0. The van der Waals surface area contributed by atoms with E-state index in [-0.39, 0.29) is 16.7 Å². The van der Waals surface area contributed by atoms with Crippen LogP contribution < -0.4 is 5.32 Å². The first kappa shape index (κ1) is 31.6. The van der Waals surface area contributed by atoms with Crippen molar-refractivity contribution in [2.24, 2.45) is 0 Å². The van der Waals surface area contributed by atoms with Gasteiger partial charge in [-0.3, -0.25) is 4.79 Å². The van der Waals surface area contributed by atoms with Crippen molar-refractivity contribution < 1.29 is 4.79 Å². The zero-order chi connectivity index (χ0) is 26.8. The van der Waals surface area contributed by atoms with Gasteiger partial charge in [0.05, 0.1) is 5.75 Å². The second kappa shape index (κ2) is 15.1. The van der Waals surface area contributed by atoms with Crippen LogP contribution >= 0.6 is 23.5 Å². The minimum Gasteiger partial charge on any atom is -0.355 e. The summed E-state index contributed by atoms with van der Waals surface area (Å²) in [5, 5.41) is 4.31. The summed E-state index contributed by atoms with van der Waals surface area (Å²) in [6.07, 6.45) is 8.57. The zero-order valence-corrected chi connectivity index (χ0v) is 26.2. The summed E-state index contributed by atoms with van der Waals surface area (Å²) >= 11 is 3.95. The number of amides is 1. The fourth-order valence-corrected chi connectivity index (χ4v) is 7.60. The summed E-state index contributed by atoms with van der Waals surface area (Å²) in [4.78, 5) is 16.4. The van der Waals surface area contributed by atoms with Gasteiger partial charge in [0.25, 0.3) is 0 Å². The molecule has 0 bridgehead atoms. The van der Waals surface area contributed by atoms with Gasteiger partial charge in [-0.05, 0) is 79.4 Å².